The van der Waals surface area contributed by atoms with Crippen LogP contribution in [0.4, 0.5) is 5.13 Å². The zero-order chi connectivity index (χ0) is 14.3. The molecule has 19 heavy (non-hydrogen) atoms. The Labute approximate surface area is 112 Å². The van der Waals surface area contributed by atoms with Crippen molar-refractivity contribution in [2.75, 3.05) is 18.5 Å². The van der Waals surface area contributed by atoms with E-state index in [1.165, 1.54) is 5.38 Å². The third-order valence-electron chi connectivity index (χ3n) is 1.89. The van der Waals surface area contributed by atoms with Crippen molar-refractivity contribution in [2.24, 2.45) is 0 Å². The Bertz CT molecular complexity index is 475. The highest BCUT2D eigenvalue weighted by Gasteiger charge is 2.11. The van der Waals surface area contributed by atoms with E-state index in [4.69, 9.17) is 0 Å². The van der Waals surface area contributed by atoms with Gasteiger partial charge in [-0.25, -0.2) is 4.98 Å². The number of amides is 2. The molecule has 0 radical (unpaired) electrons. The molecule has 0 bridgehead atoms. The highest BCUT2D eigenvalue weighted by atomic mass is 32.1. The third-order valence-corrected chi connectivity index (χ3v) is 2.65. The summed E-state index contributed by atoms with van der Waals surface area (Å²) in [4.78, 5) is 40.5. The van der Waals surface area contributed by atoms with E-state index < -0.39 is 11.0 Å². The first kappa shape index (κ1) is 14.8. The Morgan fingerprint density at radius 3 is 2.95 bits per heavy atom. The molecule has 2 N–H and O–H groups in total. The monoisotopic (exact) mass is 288 g/mol. The molecule has 0 saturated heterocycles. The molecule has 1 rings (SSSR count). The lowest BCUT2D eigenvalue weighted by Gasteiger charge is -2.01. The number of carbonyl (C=O) groups is 2. The van der Waals surface area contributed by atoms with Gasteiger partial charge in [0.1, 0.15) is 12.3 Å². The van der Waals surface area contributed by atoms with Crippen LogP contribution in [0.5, 0.6) is 0 Å². The van der Waals surface area contributed by atoms with E-state index in [1.807, 2.05) is 0 Å². The van der Waals surface area contributed by atoms with Crippen molar-refractivity contribution in [2.45, 2.75) is 13.3 Å². The quantitative estimate of drug-likeness (QED) is 0.426. The Balaban J connectivity index is 2.40. The van der Waals surface area contributed by atoms with E-state index in [-0.39, 0.29) is 24.8 Å². The van der Waals surface area contributed by atoms with Crippen LogP contribution < -0.4 is 10.6 Å². The van der Waals surface area contributed by atoms with Crippen LogP contribution in [0, 0.1) is 10.1 Å². The highest BCUT2D eigenvalue weighted by molar-refractivity contribution is 7.14. The van der Waals surface area contributed by atoms with Crippen molar-refractivity contribution in [3.8, 4) is 0 Å². The number of anilines is 1. The van der Waals surface area contributed by atoms with Crippen LogP contribution in [0.1, 0.15) is 23.8 Å². The Morgan fingerprint density at radius 1 is 1.58 bits per heavy atom. The van der Waals surface area contributed by atoms with Gasteiger partial charge in [-0.15, -0.1) is 21.5 Å². The molecule has 0 atom stereocenters. The third kappa shape index (κ3) is 5.29. The fraction of sp³-hybridized carbons (Fsp3) is 0.444. The predicted molar refractivity (Wildman–Crippen MR) is 66.3 cm³/mol. The standard InChI is InChI=1S/C9H12N4O5S/c1-2-7(14)12-9-11-6(5-19-9)8(15)10-3-4-18-13(16)17/h5H,2-4H2,1H3,(H,10,15)(H,11,12,14). The number of carbonyl (C=O) groups excluding carboxylic acids is 2. The molecule has 1 aromatic heterocycles. The van der Waals surface area contributed by atoms with Crippen LogP contribution in [0.25, 0.3) is 0 Å². The fourth-order valence-electron chi connectivity index (χ4n) is 1.02. The Hall–Kier alpha value is -2.23. The first-order valence-corrected chi connectivity index (χ1v) is 6.21. The van der Waals surface area contributed by atoms with Crippen molar-refractivity contribution in [3.05, 3.63) is 21.2 Å². The van der Waals surface area contributed by atoms with E-state index in [2.05, 4.69) is 20.5 Å². The summed E-state index contributed by atoms with van der Waals surface area (Å²) in [5, 5.41) is 15.7. The Morgan fingerprint density at radius 2 is 2.32 bits per heavy atom. The number of nitrogens with one attached hydrogen (secondary N) is 2. The SMILES string of the molecule is CCC(=O)Nc1nc(C(=O)NCCO[N+](=O)[O-])cs1. The van der Waals surface area contributed by atoms with E-state index in [0.717, 1.165) is 11.3 Å². The van der Waals surface area contributed by atoms with Crippen molar-refractivity contribution >= 4 is 28.3 Å². The minimum absolute atomic E-state index is 0.00596. The number of nitrogens with zero attached hydrogens (tertiary/aromatic N) is 2. The number of hydrogen-bond donors (Lipinski definition) is 2. The number of rotatable bonds is 7. The summed E-state index contributed by atoms with van der Waals surface area (Å²) in [6.07, 6.45) is 0.319. The molecule has 10 heteroatoms. The largest absolute Gasteiger partial charge is 0.349 e. The average molecular weight is 288 g/mol. The zero-order valence-corrected chi connectivity index (χ0v) is 10.9. The van der Waals surface area contributed by atoms with Gasteiger partial charge in [-0.2, -0.15) is 0 Å². The second-order valence-electron chi connectivity index (χ2n) is 3.25. The van der Waals surface area contributed by atoms with Crippen LogP contribution in [-0.4, -0.2) is 35.0 Å². The molecule has 0 spiro atoms. The van der Waals surface area contributed by atoms with Crippen LogP contribution in [0.2, 0.25) is 0 Å². The van der Waals surface area contributed by atoms with Crippen molar-refractivity contribution in [1.29, 1.82) is 0 Å². The lowest BCUT2D eigenvalue weighted by molar-refractivity contribution is -0.757. The normalized spacial score (nSPS) is 9.74. The van der Waals surface area contributed by atoms with Gasteiger partial charge >= 0.3 is 0 Å². The van der Waals surface area contributed by atoms with Crippen molar-refractivity contribution in [3.63, 3.8) is 0 Å². The number of hydrogen-bond acceptors (Lipinski definition) is 7. The van der Waals surface area contributed by atoms with Gasteiger partial charge in [-0.1, -0.05) is 6.92 Å². The van der Waals surface area contributed by atoms with Crippen LogP contribution >= 0.6 is 11.3 Å². The van der Waals surface area contributed by atoms with Crippen molar-refractivity contribution in [1.82, 2.24) is 10.3 Å². The molecule has 0 saturated carbocycles. The topological polar surface area (TPSA) is 123 Å². The van der Waals surface area contributed by atoms with Gasteiger partial charge in [-0.3, -0.25) is 9.59 Å². The second-order valence-corrected chi connectivity index (χ2v) is 4.11. The molecule has 1 aromatic rings. The molecule has 0 aliphatic heterocycles. The maximum atomic E-state index is 11.6. The second kappa shape index (κ2) is 7.26. The number of thiazole rings is 1. The fourth-order valence-corrected chi connectivity index (χ4v) is 1.73. The van der Waals surface area contributed by atoms with E-state index in [9.17, 15) is 19.7 Å². The highest BCUT2D eigenvalue weighted by Crippen LogP contribution is 2.15. The predicted octanol–water partition coefficient (Wildman–Crippen LogP) is 0.430. The summed E-state index contributed by atoms with van der Waals surface area (Å²) in [5.74, 6) is -0.680. The molecule has 0 unspecified atom stereocenters. The van der Waals surface area contributed by atoms with E-state index in [0.29, 0.717) is 11.6 Å². The molecule has 0 aliphatic rings. The van der Waals surface area contributed by atoms with Crippen LogP contribution in [0.3, 0.4) is 0 Å². The van der Waals surface area contributed by atoms with Gasteiger partial charge in [0.25, 0.3) is 11.0 Å². The summed E-state index contributed by atoms with van der Waals surface area (Å²) in [6.45, 7) is 1.46. The van der Waals surface area contributed by atoms with Crippen molar-refractivity contribution < 1.29 is 19.5 Å². The van der Waals surface area contributed by atoms with Gasteiger partial charge in [0.05, 0.1) is 0 Å². The van der Waals surface area contributed by atoms with Gasteiger partial charge in [0, 0.05) is 18.3 Å². The summed E-state index contributed by atoms with van der Waals surface area (Å²) >= 11 is 1.12. The van der Waals surface area contributed by atoms with E-state index in [1.54, 1.807) is 6.92 Å². The summed E-state index contributed by atoms with van der Waals surface area (Å²) in [6, 6.07) is 0. The molecular formula is C9H12N4O5S. The average Bonchev–Trinajstić information content (AvgIpc) is 2.82. The molecule has 0 fully saturated rings. The first-order chi connectivity index (χ1) is 9.02. The Kier molecular flexibility index (Phi) is 5.67. The van der Waals surface area contributed by atoms with Gasteiger partial charge in [0.2, 0.25) is 5.91 Å². The van der Waals surface area contributed by atoms with Gasteiger partial charge in [-0.05, 0) is 0 Å². The minimum atomic E-state index is -0.937. The zero-order valence-electron chi connectivity index (χ0n) is 10.0. The number of aromatic nitrogens is 1. The maximum absolute atomic E-state index is 11.6. The molecule has 2 amide bonds. The molecule has 9 nitrogen and oxygen atoms in total. The maximum Gasteiger partial charge on any atom is 0.294 e. The lowest BCUT2D eigenvalue weighted by Crippen LogP contribution is -2.28. The minimum Gasteiger partial charge on any atom is -0.349 e. The first-order valence-electron chi connectivity index (χ1n) is 5.33. The molecule has 0 aromatic carbocycles. The summed E-state index contributed by atoms with van der Waals surface area (Å²) < 4.78 is 0. The van der Waals surface area contributed by atoms with Crippen LogP contribution in [-0.2, 0) is 9.63 Å². The molecular weight excluding hydrogens is 276 g/mol. The van der Waals surface area contributed by atoms with Crippen LogP contribution in [0.15, 0.2) is 5.38 Å². The van der Waals surface area contributed by atoms with Gasteiger partial charge in [0.15, 0.2) is 5.13 Å². The molecule has 0 aliphatic carbocycles. The summed E-state index contributed by atoms with van der Waals surface area (Å²) in [5.41, 5.74) is 0.137. The lowest BCUT2D eigenvalue weighted by atomic mass is 10.4. The smallest absolute Gasteiger partial charge is 0.294 e. The molecule has 1 heterocycles. The van der Waals surface area contributed by atoms with Gasteiger partial charge < -0.3 is 15.5 Å². The molecule has 104 valence electrons. The van der Waals surface area contributed by atoms with E-state index >= 15 is 0 Å². The summed E-state index contributed by atoms with van der Waals surface area (Å²) in [7, 11) is 0.